The molecule has 0 aliphatic carbocycles. The van der Waals surface area contributed by atoms with Gasteiger partial charge in [0.1, 0.15) is 8.24 Å². The number of nitrogens with two attached hydrogens (primary N) is 1. The molecule has 3 N–H and O–H groups in total. The van der Waals surface area contributed by atoms with E-state index in [1.807, 2.05) is 0 Å². The molecule has 1 aliphatic heterocycles. The van der Waals surface area contributed by atoms with E-state index in [0.29, 0.717) is 0 Å². The van der Waals surface area contributed by atoms with Crippen molar-refractivity contribution in [2.45, 2.75) is 19.6 Å². The van der Waals surface area contributed by atoms with Crippen LogP contribution < -0.4 is 10.4 Å². The van der Waals surface area contributed by atoms with Crippen LogP contribution >= 0.6 is 0 Å². The maximum atomic E-state index is 5.95. The van der Waals surface area contributed by atoms with E-state index in [0.717, 1.165) is 6.54 Å². The minimum absolute atomic E-state index is 1.08. The molecule has 1 fully saturated rings. The first-order valence-electron chi connectivity index (χ1n) is 3.77. The predicted octanol–water partition coefficient (Wildman–Crippen LogP) is -0.598. The third-order valence-electron chi connectivity index (χ3n) is 1.90. The normalized spacial score (nSPS) is 29.4. The van der Waals surface area contributed by atoms with E-state index in [2.05, 4.69) is 28.9 Å². The number of rotatable bonds is 1. The quantitative estimate of drug-likeness (QED) is 0.523. The summed E-state index contributed by atoms with van der Waals surface area (Å²) in [7, 11) is -2.22. The summed E-state index contributed by atoms with van der Waals surface area (Å²) in [5.74, 6) is 0. The van der Waals surface area contributed by atoms with Gasteiger partial charge in [0, 0.05) is 6.54 Å². The summed E-state index contributed by atoms with van der Waals surface area (Å²) < 4.78 is 2.53. The van der Waals surface area contributed by atoms with Crippen LogP contribution in [-0.4, -0.2) is 34.8 Å². The summed E-state index contributed by atoms with van der Waals surface area (Å²) in [5, 5.41) is 5.95. The number of nitrogens with zero attached hydrogens (tertiary/aromatic N) is 1. The van der Waals surface area contributed by atoms with Crippen molar-refractivity contribution in [3.05, 3.63) is 0 Å². The minimum Gasteiger partial charge on any atom is -0.330 e. The van der Waals surface area contributed by atoms with E-state index in [-0.39, 0.29) is 0 Å². The lowest BCUT2D eigenvalue weighted by molar-refractivity contribution is 0.690. The van der Waals surface area contributed by atoms with Crippen molar-refractivity contribution in [1.82, 2.24) is 9.21 Å². The molecule has 1 saturated heterocycles. The molecular formula is C5H17N3Si2. The van der Waals surface area contributed by atoms with Crippen LogP contribution in [0.4, 0.5) is 0 Å². The molecule has 0 saturated carbocycles. The molecule has 0 radical (unpaired) electrons. The molecule has 5 heteroatoms. The smallest absolute Gasteiger partial charge is 0.257 e. The Morgan fingerprint density at radius 1 is 1.50 bits per heavy atom. The molecule has 10 heavy (non-hydrogen) atoms. The highest BCUT2D eigenvalue weighted by atomic mass is 28.4. The van der Waals surface area contributed by atoms with Crippen LogP contribution in [0, 0.1) is 0 Å². The minimum atomic E-state index is -1.14. The van der Waals surface area contributed by atoms with Crippen LogP contribution in [0.15, 0.2) is 0 Å². The monoisotopic (exact) mass is 175 g/mol. The SMILES string of the molecule is C[Si](C)(C)N1CCN[SiH]1N. The topological polar surface area (TPSA) is 41.3 Å². The summed E-state index contributed by atoms with van der Waals surface area (Å²) in [6, 6.07) is 0. The fourth-order valence-electron chi connectivity index (χ4n) is 1.33. The maximum absolute atomic E-state index is 5.95. The second-order valence-electron chi connectivity index (χ2n) is 3.76. The Hall–Kier alpha value is 0.314. The Bertz CT molecular complexity index is 123. The highest BCUT2D eigenvalue weighted by Gasteiger charge is 2.32. The predicted molar refractivity (Wildman–Crippen MR) is 49.4 cm³/mol. The van der Waals surface area contributed by atoms with Crippen LogP contribution in [0.5, 0.6) is 0 Å². The number of nitrogens with one attached hydrogen (secondary N) is 1. The third-order valence-corrected chi connectivity index (χ3v) is 8.65. The van der Waals surface area contributed by atoms with Crippen molar-refractivity contribution in [3.63, 3.8) is 0 Å². The standard InChI is InChI=1S/C5H17N3Si2/c1-10(2,3)8-5-4-7-9(8)6/h7,9H,4-6H2,1-3H3. The van der Waals surface area contributed by atoms with Crippen molar-refractivity contribution >= 4 is 17.5 Å². The van der Waals surface area contributed by atoms with Crippen LogP contribution in [0.2, 0.25) is 19.6 Å². The van der Waals surface area contributed by atoms with Gasteiger partial charge in [-0.25, -0.2) is 0 Å². The van der Waals surface area contributed by atoms with Crippen molar-refractivity contribution in [2.24, 2.45) is 5.40 Å². The van der Waals surface area contributed by atoms with Crippen molar-refractivity contribution < 1.29 is 0 Å². The summed E-state index contributed by atoms with van der Waals surface area (Å²) >= 11 is 0. The summed E-state index contributed by atoms with van der Waals surface area (Å²) in [4.78, 5) is 3.35. The largest absolute Gasteiger partial charge is 0.330 e. The molecular weight excluding hydrogens is 158 g/mol. The van der Waals surface area contributed by atoms with Crippen LogP contribution in [0.3, 0.4) is 0 Å². The first-order chi connectivity index (χ1) is 4.52. The zero-order valence-electron chi connectivity index (χ0n) is 7.02. The number of hydrogen-bond donors (Lipinski definition) is 2. The first-order valence-corrected chi connectivity index (χ1v) is 8.98. The average molecular weight is 175 g/mol. The highest BCUT2D eigenvalue weighted by Crippen LogP contribution is 2.10. The van der Waals surface area contributed by atoms with Gasteiger partial charge in [-0.3, -0.25) is 0 Å². The molecule has 1 atom stereocenters. The van der Waals surface area contributed by atoms with Crippen LogP contribution in [-0.2, 0) is 0 Å². The van der Waals surface area contributed by atoms with Gasteiger partial charge < -0.3 is 14.6 Å². The Kier molecular flexibility index (Phi) is 2.31. The van der Waals surface area contributed by atoms with Gasteiger partial charge in [-0.1, -0.05) is 19.6 Å². The van der Waals surface area contributed by atoms with E-state index in [4.69, 9.17) is 5.40 Å². The Labute approximate surface area is 65.5 Å². The van der Waals surface area contributed by atoms with Gasteiger partial charge in [0.05, 0.1) is 0 Å². The molecule has 1 heterocycles. The van der Waals surface area contributed by atoms with E-state index < -0.39 is 17.5 Å². The zero-order valence-corrected chi connectivity index (χ0v) is 9.17. The van der Waals surface area contributed by atoms with Gasteiger partial charge in [0.15, 0.2) is 0 Å². The average Bonchev–Trinajstić information content (AvgIpc) is 2.11. The molecule has 1 unspecified atom stereocenters. The first kappa shape index (κ1) is 8.41. The zero-order chi connectivity index (χ0) is 7.78. The highest BCUT2D eigenvalue weighted by molar-refractivity contribution is 6.82. The molecule has 1 rings (SSSR count). The molecule has 0 amide bonds. The molecule has 60 valence electrons. The van der Waals surface area contributed by atoms with Gasteiger partial charge in [-0.05, 0) is 6.54 Å². The molecule has 0 aromatic rings. The van der Waals surface area contributed by atoms with Gasteiger partial charge in [-0.15, -0.1) is 0 Å². The van der Waals surface area contributed by atoms with Crippen LogP contribution in [0.25, 0.3) is 0 Å². The second-order valence-corrected chi connectivity index (χ2v) is 11.1. The Morgan fingerprint density at radius 2 is 2.10 bits per heavy atom. The Balaban J connectivity index is 2.55. The fourth-order valence-corrected chi connectivity index (χ4v) is 6.78. The summed E-state index contributed by atoms with van der Waals surface area (Å²) in [6.45, 7) is 9.35. The van der Waals surface area contributed by atoms with E-state index in [9.17, 15) is 0 Å². The van der Waals surface area contributed by atoms with E-state index in [1.54, 1.807) is 0 Å². The molecule has 3 nitrogen and oxygen atoms in total. The van der Waals surface area contributed by atoms with Crippen molar-refractivity contribution in [2.75, 3.05) is 13.1 Å². The lowest BCUT2D eigenvalue weighted by Gasteiger charge is -2.31. The number of hydrogen-bond acceptors (Lipinski definition) is 3. The van der Waals surface area contributed by atoms with Crippen molar-refractivity contribution in [1.29, 1.82) is 0 Å². The third kappa shape index (κ3) is 1.67. The molecule has 0 aromatic carbocycles. The van der Waals surface area contributed by atoms with Gasteiger partial charge in [0.2, 0.25) is 0 Å². The molecule has 0 spiro atoms. The lowest BCUT2D eigenvalue weighted by atomic mass is 10.7. The fraction of sp³-hybridized carbons (Fsp3) is 1.00. The summed E-state index contributed by atoms with van der Waals surface area (Å²) in [6.07, 6.45) is 0. The summed E-state index contributed by atoms with van der Waals surface area (Å²) in [5.41, 5.74) is 0. The van der Waals surface area contributed by atoms with Crippen LogP contribution in [0.1, 0.15) is 0 Å². The van der Waals surface area contributed by atoms with Gasteiger partial charge in [0.25, 0.3) is 9.28 Å². The lowest BCUT2D eigenvalue weighted by Crippen LogP contribution is -2.59. The molecule has 0 aromatic heterocycles. The second kappa shape index (κ2) is 2.75. The molecule has 1 aliphatic rings. The Morgan fingerprint density at radius 3 is 2.30 bits per heavy atom. The van der Waals surface area contributed by atoms with Gasteiger partial charge in [-0.2, -0.15) is 0 Å². The van der Waals surface area contributed by atoms with Gasteiger partial charge >= 0.3 is 0 Å². The van der Waals surface area contributed by atoms with Crippen molar-refractivity contribution in [3.8, 4) is 0 Å². The van der Waals surface area contributed by atoms with E-state index >= 15 is 0 Å². The molecule has 0 bridgehead atoms. The van der Waals surface area contributed by atoms with E-state index in [1.165, 1.54) is 6.54 Å². The maximum Gasteiger partial charge on any atom is 0.257 e.